The Hall–Kier alpha value is -4.00. The molecule has 13 heteroatoms. The summed E-state index contributed by atoms with van der Waals surface area (Å²) in [5.41, 5.74) is 4.69. The second-order valence-corrected chi connectivity index (χ2v) is 10.4. The Balaban J connectivity index is 2.51. The van der Waals surface area contributed by atoms with E-state index < -0.39 is 76.4 Å². The number of carbonyl (C=O) groups excluding carboxylic acids is 3. The van der Waals surface area contributed by atoms with Gasteiger partial charge in [-0.15, -0.1) is 0 Å². The third-order valence-corrected chi connectivity index (χ3v) is 6.66. The lowest BCUT2D eigenvalue weighted by Crippen LogP contribution is -2.55. The SMILES string of the molecule is CNC(=O)[C@@H](Cc1c(F)c(F)c(F)c(F)c1F)N(C)C(=O)[C@@H](Cc1ccc(OC)cc1)N(C)C(=O)C=CCC(C)(C)N. The Morgan fingerprint density at radius 2 is 1.43 bits per heavy atom. The van der Waals surface area contributed by atoms with E-state index in [4.69, 9.17) is 10.5 Å². The van der Waals surface area contributed by atoms with Crippen LogP contribution in [-0.4, -0.2) is 73.4 Å². The summed E-state index contributed by atoms with van der Waals surface area (Å²) in [7, 11) is 5.15. The highest BCUT2D eigenvalue weighted by Crippen LogP contribution is 2.26. The standard InChI is InChI=1S/C29H35F5N4O4/c1-29(2,35)13-7-8-21(39)37(4)20(14-16-9-11-17(42-6)12-10-16)28(41)38(5)19(27(40)36-3)15-18-22(30)24(32)26(34)25(33)23(18)31/h7-12,19-20H,13-15,35H2,1-6H3,(H,36,40)/t19-,20-/m1/s1. The number of nitrogens with zero attached hydrogens (tertiary/aromatic N) is 2. The molecule has 8 nitrogen and oxygen atoms in total. The molecular weight excluding hydrogens is 563 g/mol. The number of rotatable bonds is 12. The number of halogens is 5. The largest absolute Gasteiger partial charge is 0.497 e. The maximum Gasteiger partial charge on any atom is 0.246 e. The van der Waals surface area contributed by atoms with Crippen molar-refractivity contribution in [3.05, 3.63) is 76.6 Å². The van der Waals surface area contributed by atoms with Crippen LogP contribution in [0, 0.1) is 29.1 Å². The smallest absolute Gasteiger partial charge is 0.246 e. The minimum Gasteiger partial charge on any atom is -0.497 e. The molecule has 0 saturated carbocycles. The predicted molar refractivity (Wildman–Crippen MR) is 146 cm³/mol. The highest BCUT2D eigenvalue weighted by Gasteiger charge is 2.37. The lowest BCUT2D eigenvalue weighted by molar-refractivity contribution is -0.146. The van der Waals surface area contributed by atoms with Crippen molar-refractivity contribution in [1.29, 1.82) is 0 Å². The maximum absolute atomic E-state index is 14.5. The van der Waals surface area contributed by atoms with Gasteiger partial charge in [-0.3, -0.25) is 14.4 Å². The molecule has 0 radical (unpaired) electrons. The number of hydrogen-bond donors (Lipinski definition) is 2. The number of amides is 3. The predicted octanol–water partition coefficient (Wildman–Crippen LogP) is 3.26. The van der Waals surface area contributed by atoms with Crippen LogP contribution in [0.25, 0.3) is 0 Å². The van der Waals surface area contributed by atoms with Crippen LogP contribution >= 0.6 is 0 Å². The molecule has 0 aliphatic carbocycles. The van der Waals surface area contributed by atoms with E-state index in [0.29, 0.717) is 17.7 Å². The molecule has 2 aromatic rings. The van der Waals surface area contributed by atoms with Crippen LogP contribution < -0.4 is 15.8 Å². The van der Waals surface area contributed by atoms with E-state index in [1.54, 1.807) is 44.2 Å². The average molecular weight is 599 g/mol. The normalized spacial score (nSPS) is 13.0. The molecule has 0 spiro atoms. The summed E-state index contributed by atoms with van der Waals surface area (Å²) < 4.78 is 75.5. The van der Waals surface area contributed by atoms with Gasteiger partial charge in [-0.2, -0.15) is 0 Å². The number of methoxy groups -OCH3 is 1. The zero-order valence-corrected chi connectivity index (χ0v) is 24.2. The first-order chi connectivity index (χ1) is 19.5. The van der Waals surface area contributed by atoms with Gasteiger partial charge in [0.1, 0.15) is 17.8 Å². The van der Waals surface area contributed by atoms with Crippen molar-refractivity contribution in [3.8, 4) is 5.75 Å². The fraction of sp³-hybridized carbons (Fsp3) is 0.414. The van der Waals surface area contributed by atoms with Gasteiger partial charge >= 0.3 is 0 Å². The minimum absolute atomic E-state index is 0.0470. The average Bonchev–Trinajstić information content (AvgIpc) is 2.96. The minimum atomic E-state index is -2.35. The van der Waals surface area contributed by atoms with E-state index in [1.165, 1.54) is 27.3 Å². The Morgan fingerprint density at radius 3 is 1.90 bits per heavy atom. The molecule has 0 aliphatic heterocycles. The van der Waals surface area contributed by atoms with Crippen LogP contribution in [0.3, 0.4) is 0 Å². The van der Waals surface area contributed by atoms with Gasteiger partial charge in [-0.25, -0.2) is 22.0 Å². The van der Waals surface area contributed by atoms with Crippen LogP contribution in [0.1, 0.15) is 31.4 Å². The van der Waals surface area contributed by atoms with Crippen molar-refractivity contribution in [2.24, 2.45) is 5.73 Å². The molecule has 0 fully saturated rings. The quantitative estimate of drug-likeness (QED) is 0.169. The van der Waals surface area contributed by atoms with E-state index >= 15 is 0 Å². The third kappa shape index (κ3) is 8.28. The van der Waals surface area contributed by atoms with E-state index in [-0.39, 0.29) is 6.42 Å². The molecule has 2 atom stereocenters. The van der Waals surface area contributed by atoms with Crippen molar-refractivity contribution >= 4 is 17.7 Å². The summed E-state index contributed by atoms with van der Waals surface area (Å²) in [4.78, 5) is 41.6. The van der Waals surface area contributed by atoms with Gasteiger partial charge in [0.05, 0.1) is 7.11 Å². The van der Waals surface area contributed by atoms with Gasteiger partial charge in [0.2, 0.25) is 23.5 Å². The molecular formula is C29H35F5N4O4. The lowest BCUT2D eigenvalue weighted by atomic mass is 9.99. The molecule has 3 amide bonds. The first-order valence-corrected chi connectivity index (χ1v) is 12.9. The Morgan fingerprint density at radius 1 is 0.905 bits per heavy atom. The van der Waals surface area contributed by atoms with Crippen molar-refractivity contribution < 1.29 is 41.1 Å². The van der Waals surface area contributed by atoms with Crippen LogP contribution in [0.2, 0.25) is 0 Å². The van der Waals surface area contributed by atoms with Crippen LogP contribution in [0.4, 0.5) is 22.0 Å². The highest BCUT2D eigenvalue weighted by molar-refractivity contribution is 5.95. The monoisotopic (exact) mass is 598 g/mol. The van der Waals surface area contributed by atoms with Crippen LogP contribution in [-0.2, 0) is 27.2 Å². The summed E-state index contributed by atoms with van der Waals surface area (Å²) >= 11 is 0. The summed E-state index contributed by atoms with van der Waals surface area (Å²) in [6, 6.07) is 3.66. The van der Waals surface area contributed by atoms with Crippen molar-refractivity contribution in [1.82, 2.24) is 15.1 Å². The summed E-state index contributed by atoms with van der Waals surface area (Å²) in [6.07, 6.45) is 2.06. The van der Waals surface area contributed by atoms with Crippen LogP contribution in [0.5, 0.6) is 5.75 Å². The van der Waals surface area contributed by atoms with Gasteiger partial charge in [0.25, 0.3) is 0 Å². The number of nitrogens with one attached hydrogen (secondary N) is 1. The molecule has 0 aliphatic rings. The summed E-state index contributed by atoms with van der Waals surface area (Å²) in [6.45, 7) is 3.53. The Kier molecular flexibility index (Phi) is 11.6. The molecule has 0 saturated heterocycles. The molecule has 3 N–H and O–H groups in total. The molecule has 42 heavy (non-hydrogen) atoms. The first kappa shape index (κ1) is 34.2. The van der Waals surface area contributed by atoms with Gasteiger partial charge in [0.15, 0.2) is 23.3 Å². The number of benzene rings is 2. The maximum atomic E-state index is 14.5. The fourth-order valence-corrected chi connectivity index (χ4v) is 4.09. The fourth-order valence-electron chi connectivity index (χ4n) is 4.09. The number of nitrogens with two attached hydrogens (primary N) is 1. The van der Waals surface area contributed by atoms with E-state index in [9.17, 15) is 36.3 Å². The second kappa shape index (κ2) is 14.3. The first-order valence-electron chi connectivity index (χ1n) is 12.9. The van der Waals surface area contributed by atoms with Gasteiger partial charge in [-0.05, 0) is 44.0 Å². The van der Waals surface area contributed by atoms with E-state index in [1.807, 2.05) is 0 Å². The highest BCUT2D eigenvalue weighted by atomic mass is 19.2. The number of likely N-dealkylation sites (N-methyl/N-ethyl adjacent to an activating group) is 3. The zero-order chi connectivity index (χ0) is 31.9. The Labute approximate surface area is 241 Å². The van der Waals surface area contributed by atoms with Gasteiger partial charge < -0.3 is 25.6 Å². The van der Waals surface area contributed by atoms with E-state index in [0.717, 1.165) is 16.8 Å². The molecule has 0 bridgehead atoms. The Bertz CT molecular complexity index is 1300. The number of carbonyl (C=O) groups is 3. The summed E-state index contributed by atoms with van der Waals surface area (Å²) in [5, 5.41) is 2.24. The third-order valence-electron chi connectivity index (χ3n) is 6.66. The number of hydrogen-bond acceptors (Lipinski definition) is 5. The van der Waals surface area contributed by atoms with Gasteiger partial charge in [-0.1, -0.05) is 18.2 Å². The van der Waals surface area contributed by atoms with Gasteiger partial charge in [0, 0.05) is 45.1 Å². The zero-order valence-electron chi connectivity index (χ0n) is 24.2. The van der Waals surface area contributed by atoms with Crippen LogP contribution in [0.15, 0.2) is 36.4 Å². The topological polar surface area (TPSA) is 105 Å². The molecule has 2 aromatic carbocycles. The summed E-state index contributed by atoms with van der Waals surface area (Å²) in [5.74, 6) is -12.7. The molecule has 230 valence electrons. The van der Waals surface area contributed by atoms with Crippen molar-refractivity contribution in [3.63, 3.8) is 0 Å². The van der Waals surface area contributed by atoms with Crippen molar-refractivity contribution in [2.45, 2.75) is 50.7 Å². The lowest BCUT2D eigenvalue weighted by Gasteiger charge is -2.34. The number of ether oxygens (including phenoxy) is 1. The molecule has 0 unspecified atom stereocenters. The molecule has 0 aromatic heterocycles. The molecule has 0 heterocycles. The van der Waals surface area contributed by atoms with Crippen molar-refractivity contribution in [2.75, 3.05) is 28.3 Å². The van der Waals surface area contributed by atoms with E-state index in [2.05, 4.69) is 5.32 Å². The molecule has 2 rings (SSSR count). The second-order valence-electron chi connectivity index (χ2n) is 10.4.